The van der Waals surface area contributed by atoms with Crippen LogP contribution in [0.25, 0.3) is 0 Å². The van der Waals surface area contributed by atoms with Crippen molar-refractivity contribution in [3.63, 3.8) is 0 Å². The van der Waals surface area contributed by atoms with Gasteiger partial charge in [0.1, 0.15) is 5.60 Å². The fraction of sp³-hybridized carbons (Fsp3) is 0.900. The fourth-order valence-electron chi connectivity index (χ4n) is 2.34. The first-order chi connectivity index (χ1) is 6.20. The van der Waals surface area contributed by atoms with Crippen molar-refractivity contribution in [3.05, 3.63) is 0 Å². The number of ether oxygens (including phenoxy) is 1. The van der Waals surface area contributed by atoms with Crippen LogP contribution in [0.4, 0.5) is 4.79 Å². The predicted molar refractivity (Wildman–Crippen MR) is 52.7 cm³/mol. The molecule has 1 amide bonds. The third kappa shape index (κ3) is 3.18. The minimum atomic E-state index is -0.735. The number of nitrogens with two attached hydrogens (primary N) is 1. The van der Waals surface area contributed by atoms with Crippen LogP contribution in [0, 0.1) is 5.92 Å². The molecule has 0 saturated heterocycles. The van der Waals surface area contributed by atoms with Gasteiger partial charge in [-0.15, -0.1) is 0 Å². The first-order valence-corrected chi connectivity index (χ1v) is 4.91. The van der Waals surface area contributed by atoms with Crippen molar-refractivity contribution >= 4 is 6.09 Å². The fourth-order valence-corrected chi connectivity index (χ4v) is 2.34. The maximum absolute atomic E-state index is 10.6. The van der Waals surface area contributed by atoms with Crippen LogP contribution in [0.3, 0.4) is 0 Å². The number of carbonyl (C=O) groups is 1. The van der Waals surface area contributed by atoms with Gasteiger partial charge in [0.05, 0.1) is 5.60 Å². The lowest BCUT2D eigenvalue weighted by atomic mass is 9.68. The van der Waals surface area contributed by atoms with E-state index in [9.17, 15) is 9.90 Å². The summed E-state index contributed by atoms with van der Waals surface area (Å²) < 4.78 is 4.97. The zero-order chi connectivity index (χ0) is 11.0. The van der Waals surface area contributed by atoms with Gasteiger partial charge in [-0.3, -0.25) is 0 Å². The Morgan fingerprint density at radius 3 is 2.50 bits per heavy atom. The van der Waals surface area contributed by atoms with Crippen molar-refractivity contribution in [2.75, 3.05) is 0 Å². The molecule has 0 atom stereocenters. The van der Waals surface area contributed by atoms with E-state index in [2.05, 4.69) is 0 Å². The van der Waals surface area contributed by atoms with E-state index in [-0.39, 0.29) is 0 Å². The topological polar surface area (TPSA) is 72.6 Å². The summed E-state index contributed by atoms with van der Waals surface area (Å²) in [5.41, 5.74) is 3.92. The maximum atomic E-state index is 10.6. The summed E-state index contributed by atoms with van der Waals surface area (Å²) in [6, 6.07) is 0. The van der Waals surface area contributed by atoms with Gasteiger partial charge in [-0.25, -0.2) is 4.79 Å². The molecule has 0 heterocycles. The standard InChI is InChI=1S/C10H19NO3/c1-9(2,14-8(11)12)4-7-5-10(3,13)6-7/h7,13H,4-6H2,1-3H3,(H2,11,12). The van der Waals surface area contributed by atoms with Crippen molar-refractivity contribution in [2.24, 2.45) is 11.7 Å². The maximum Gasteiger partial charge on any atom is 0.405 e. The first kappa shape index (κ1) is 11.3. The molecule has 4 heteroatoms. The summed E-state index contributed by atoms with van der Waals surface area (Å²) in [4.78, 5) is 10.6. The van der Waals surface area contributed by atoms with E-state index >= 15 is 0 Å². The first-order valence-electron chi connectivity index (χ1n) is 4.91. The highest BCUT2D eigenvalue weighted by Gasteiger charge is 2.41. The third-order valence-corrected chi connectivity index (χ3v) is 2.61. The molecule has 1 saturated carbocycles. The van der Waals surface area contributed by atoms with Gasteiger partial charge in [0.15, 0.2) is 0 Å². The predicted octanol–water partition coefficient (Wildman–Crippen LogP) is 1.41. The summed E-state index contributed by atoms with van der Waals surface area (Å²) in [5, 5.41) is 9.53. The molecule has 0 bridgehead atoms. The molecular formula is C10H19NO3. The highest BCUT2D eigenvalue weighted by Crippen LogP contribution is 2.42. The molecule has 0 aromatic rings. The Morgan fingerprint density at radius 1 is 1.64 bits per heavy atom. The Labute approximate surface area is 84.4 Å². The molecule has 0 unspecified atom stereocenters. The average Bonchev–Trinajstić information content (AvgIpc) is 1.76. The van der Waals surface area contributed by atoms with E-state index in [1.54, 1.807) is 0 Å². The number of amides is 1. The van der Waals surface area contributed by atoms with Crippen LogP contribution in [-0.4, -0.2) is 22.4 Å². The van der Waals surface area contributed by atoms with Gasteiger partial charge >= 0.3 is 6.09 Å². The molecule has 0 radical (unpaired) electrons. The largest absolute Gasteiger partial charge is 0.444 e. The van der Waals surface area contributed by atoms with Gasteiger partial charge in [0.25, 0.3) is 0 Å². The van der Waals surface area contributed by atoms with Gasteiger partial charge in [-0.2, -0.15) is 0 Å². The van der Waals surface area contributed by atoms with Gasteiger partial charge in [0, 0.05) is 0 Å². The number of primary amides is 1. The molecule has 0 aromatic carbocycles. The van der Waals surface area contributed by atoms with Gasteiger partial charge in [-0.05, 0) is 46.0 Å². The van der Waals surface area contributed by atoms with Crippen LogP contribution in [-0.2, 0) is 4.74 Å². The second kappa shape index (κ2) is 3.42. The molecule has 1 aliphatic carbocycles. The Kier molecular flexibility index (Phi) is 2.76. The quantitative estimate of drug-likeness (QED) is 0.725. The van der Waals surface area contributed by atoms with Gasteiger partial charge in [-0.1, -0.05) is 0 Å². The second-order valence-electron chi connectivity index (χ2n) is 5.16. The lowest BCUT2D eigenvalue weighted by Crippen LogP contribution is -2.44. The molecule has 14 heavy (non-hydrogen) atoms. The lowest BCUT2D eigenvalue weighted by Gasteiger charge is -2.43. The lowest BCUT2D eigenvalue weighted by molar-refractivity contribution is -0.0821. The Balaban J connectivity index is 2.34. The average molecular weight is 201 g/mol. The summed E-state index contributed by atoms with van der Waals surface area (Å²) in [7, 11) is 0. The minimum Gasteiger partial charge on any atom is -0.444 e. The van der Waals surface area contributed by atoms with Crippen molar-refractivity contribution in [3.8, 4) is 0 Å². The van der Waals surface area contributed by atoms with Crippen LogP contribution in [0.5, 0.6) is 0 Å². The molecule has 1 fully saturated rings. The SMILES string of the molecule is CC1(O)CC(CC(C)(C)OC(N)=O)C1. The van der Waals surface area contributed by atoms with Crippen molar-refractivity contribution in [1.82, 2.24) is 0 Å². The zero-order valence-electron chi connectivity index (χ0n) is 9.04. The summed E-state index contributed by atoms with van der Waals surface area (Å²) in [5.74, 6) is 0.430. The molecule has 0 aliphatic heterocycles. The van der Waals surface area contributed by atoms with E-state index in [4.69, 9.17) is 10.5 Å². The second-order valence-corrected chi connectivity index (χ2v) is 5.16. The van der Waals surface area contributed by atoms with Gasteiger partial charge in [0.2, 0.25) is 0 Å². The molecule has 0 aromatic heterocycles. The summed E-state index contributed by atoms with van der Waals surface area (Å²) in [6.45, 7) is 5.50. The molecule has 0 spiro atoms. The van der Waals surface area contributed by atoms with Crippen LogP contribution >= 0.6 is 0 Å². The van der Waals surface area contributed by atoms with E-state index in [1.807, 2.05) is 20.8 Å². The van der Waals surface area contributed by atoms with Crippen molar-refractivity contribution in [2.45, 2.75) is 51.2 Å². The van der Waals surface area contributed by atoms with Crippen LogP contribution in [0.2, 0.25) is 0 Å². The molecular weight excluding hydrogens is 182 g/mol. The number of rotatable bonds is 3. The monoisotopic (exact) mass is 201 g/mol. The van der Waals surface area contributed by atoms with E-state index in [0.29, 0.717) is 5.92 Å². The summed E-state index contributed by atoms with van der Waals surface area (Å²) >= 11 is 0. The number of hydrogen-bond donors (Lipinski definition) is 2. The summed E-state index contributed by atoms with van der Waals surface area (Å²) in [6.07, 6.45) is 1.57. The van der Waals surface area contributed by atoms with Crippen molar-refractivity contribution < 1.29 is 14.6 Å². The number of carbonyl (C=O) groups excluding carboxylic acids is 1. The Morgan fingerprint density at radius 2 is 2.14 bits per heavy atom. The number of aliphatic hydroxyl groups is 1. The third-order valence-electron chi connectivity index (χ3n) is 2.61. The number of hydrogen-bond acceptors (Lipinski definition) is 3. The molecule has 82 valence electrons. The molecule has 1 aliphatic rings. The zero-order valence-corrected chi connectivity index (χ0v) is 9.04. The van der Waals surface area contributed by atoms with Crippen LogP contribution < -0.4 is 5.73 Å². The smallest absolute Gasteiger partial charge is 0.405 e. The Bertz CT molecular complexity index is 228. The van der Waals surface area contributed by atoms with Crippen LogP contribution in [0.1, 0.15) is 40.0 Å². The van der Waals surface area contributed by atoms with E-state index in [0.717, 1.165) is 19.3 Å². The highest BCUT2D eigenvalue weighted by atomic mass is 16.6. The highest BCUT2D eigenvalue weighted by molar-refractivity contribution is 5.65. The van der Waals surface area contributed by atoms with Gasteiger partial charge < -0.3 is 15.6 Å². The van der Waals surface area contributed by atoms with Crippen molar-refractivity contribution in [1.29, 1.82) is 0 Å². The molecule has 1 rings (SSSR count). The minimum absolute atomic E-state index is 0.430. The Hall–Kier alpha value is -0.770. The van der Waals surface area contributed by atoms with E-state index in [1.165, 1.54) is 0 Å². The molecule has 3 N–H and O–H groups in total. The van der Waals surface area contributed by atoms with E-state index < -0.39 is 17.3 Å². The molecule has 4 nitrogen and oxygen atoms in total. The normalized spacial score (nSPS) is 32.1. The van der Waals surface area contributed by atoms with Crippen LogP contribution in [0.15, 0.2) is 0 Å².